The fourth-order valence-corrected chi connectivity index (χ4v) is 4.44. The molecule has 11 heteroatoms. The number of tetrazole rings is 1. The first-order valence-corrected chi connectivity index (χ1v) is 11.2. The van der Waals surface area contributed by atoms with Gasteiger partial charge >= 0.3 is 0 Å². The fraction of sp³-hybridized carbons (Fsp3) is 0.348. The molecule has 34 heavy (non-hydrogen) atoms. The number of aromatic nitrogens is 7. The van der Waals surface area contributed by atoms with E-state index in [2.05, 4.69) is 44.8 Å². The molecule has 3 N–H and O–H groups in total. The van der Waals surface area contributed by atoms with Crippen molar-refractivity contribution in [1.82, 2.24) is 40.3 Å². The van der Waals surface area contributed by atoms with Crippen molar-refractivity contribution in [2.45, 2.75) is 51.2 Å². The second kappa shape index (κ2) is 8.90. The molecular formula is C23H25F2N9. The Bertz CT molecular complexity index is 1320. The number of pyridine rings is 1. The molecule has 1 saturated heterocycles. The number of benzene rings is 1. The maximum atomic E-state index is 14.4. The third-order valence-corrected chi connectivity index (χ3v) is 6.27. The Kier molecular flexibility index (Phi) is 5.78. The van der Waals surface area contributed by atoms with Gasteiger partial charge in [0, 0.05) is 35.6 Å². The van der Waals surface area contributed by atoms with E-state index in [4.69, 9.17) is 5.73 Å². The maximum Gasteiger partial charge on any atom is 0.190 e. The molecule has 176 valence electrons. The Labute approximate surface area is 195 Å². The van der Waals surface area contributed by atoms with Crippen LogP contribution in [0.4, 0.5) is 14.6 Å². The summed E-state index contributed by atoms with van der Waals surface area (Å²) in [5.41, 5.74) is 7.99. The van der Waals surface area contributed by atoms with Crippen LogP contribution >= 0.6 is 0 Å². The van der Waals surface area contributed by atoms with Crippen molar-refractivity contribution < 1.29 is 8.78 Å². The van der Waals surface area contributed by atoms with Gasteiger partial charge in [0.1, 0.15) is 11.5 Å². The molecule has 1 aromatic carbocycles. The van der Waals surface area contributed by atoms with Crippen molar-refractivity contribution >= 4 is 5.82 Å². The average molecular weight is 466 g/mol. The zero-order chi connectivity index (χ0) is 23.8. The maximum absolute atomic E-state index is 14.4. The third-order valence-electron chi connectivity index (χ3n) is 6.27. The normalized spacial score (nSPS) is 18.9. The van der Waals surface area contributed by atoms with E-state index in [-0.39, 0.29) is 23.4 Å². The highest BCUT2D eigenvalue weighted by molar-refractivity contribution is 5.76. The highest BCUT2D eigenvalue weighted by atomic mass is 19.2. The summed E-state index contributed by atoms with van der Waals surface area (Å²) in [6.45, 7) is 4.36. The number of nitrogens with two attached hydrogens (primary N) is 1. The van der Waals surface area contributed by atoms with Gasteiger partial charge in [-0.1, -0.05) is 6.07 Å². The van der Waals surface area contributed by atoms with Gasteiger partial charge in [-0.05, 0) is 61.7 Å². The van der Waals surface area contributed by atoms with E-state index in [9.17, 15) is 8.78 Å². The monoisotopic (exact) mass is 465 g/mol. The number of anilines is 1. The van der Waals surface area contributed by atoms with Crippen molar-refractivity contribution in [3.63, 3.8) is 0 Å². The quantitative estimate of drug-likeness (QED) is 0.448. The lowest BCUT2D eigenvalue weighted by molar-refractivity contribution is 0.393. The predicted octanol–water partition coefficient (Wildman–Crippen LogP) is 3.54. The predicted molar refractivity (Wildman–Crippen MR) is 123 cm³/mol. The summed E-state index contributed by atoms with van der Waals surface area (Å²) in [4.78, 5) is 4.29. The molecule has 1 fully saturated rings. The van der Waals surface area contributed by atoms with E-state index in [0.29, 0.717) is 17.6 Å². The minimum absolute atomic E-state index is 0.124. The van der Waals surface area contributed by atoms with E-state index in [1.807, 2.05) is 10.9 Å². The molecule has 1 aliphatic heterocycles. The Balaban J connectivity index is 1.44. The second-order valence-electron chi connectivity index (χ2n) is 8.78. The molecule has 9 nitrogen and oxygen atoms in total. The molecule has 0 spiro atoms. The summed E-state index contributed by atoms with van der Waals surface area (Å²) >= 11 is 0. The van der Waals surface area contributed by atoms with Gasteiger partial charge in [0.2, 0.25) is 0 Å². The van der Waals surface area contributed by atoms with Crippen molar-refractivity contribution in [2.24, 2.45) is 0 Å². The number of nitrogen functional groups attached to an aromatic ring is 1. The van der Waals surface area contributed by atoms with Gasteiger partial charge in [0.25, 0.3) is 0 Å². The van der Waals surface area contributed by atoms with E-state index in [0.717, 1.165) is 28.3 Å². The average Bonchev–Trinajstić information content (AvgIpc) is 3.57. The molecule has 0 amide bonds. The van der Waals surface area contributed by atoms with Crippen LogP contribution in [-0.2, 0) is 0 Å². The van der Waals surface area contributed by atoms with Gasteiger partial charge in [-0.25, -0.2) is 13.8 Å². The van der Waals surface area contributed by atoms with Gasteiger partial charge in [-0.15, -0.1) is 5.10 Å². The summed E-state index contributed by atoms with van der Waals surface area (Å²) in [6.07, 6.45) is 8.74. The number of nitrogens with one attached hydrogen (secondary N) is 1. The smallest absolute Gasteiger partial charge is 0.190 e. The first-order valence-electron chi connectivity index (χ1n) is 11.2. The molecule has 5 rings (SSSR count). The minimum Gasteiger partial charge on any atom is -0.383 e. The van der Waals surface area contributed by atoms with Gasteiger partial charge < -0.3 is 11.1 Å². The molecule has 0 radical (unpaired) electrons. The van der Waals surface area contributed by atoms with Crippen molar-refractivity contribution in [3.8, 4) is 28.2 Å². The van der Waals surface area contributed by atoms with Crippen LogP contribution in [0.1, 0.15) is 39.2 Å². The number of rotatable bonds is 6. The molecule has 3 aromatic heterocycles. The van der Waals surface area contributed by atoms with Crippen LogP contribution in [0.2, 0.25) is 0 Å². The zero-order valence-corrected chi connectivity index (χ0v) is 18.9. The molecule has 3 unspecified atom stereocenters. The van der Waals surface area contributed by atoms with Crippen LogP contribution in [0.25, 0.3) is 28.2 Å². The Hall–Kier alpha value is -3.73. The number of hydrogen-bond donors (Lipinski definition) is 2. The van der Waals surface area contributed by atoms with Crippen LogP contribution in [-0.4, -0.2) is 47.1 Å². The SMILES string of the molecule is CC1CCC(CC(C)n2cc(-c3cnc(N)c(-c4nnnn4-c4cccc(F)c4F)c3)cn2)N1. The van der Waals surface area contributed by atoms with Crippen molar-refractivity contribution in [3.05, 3.63) is 54.5 Å². The molecule has 0 saturated carbocycles. The van der Waals surface area contributed by atoms with E-state index in [1.54, 1.807) is 18.5 Å². The lowest BCUT2D eigenvalue weighted by Crippen LogP contribution is -2.29. The molecule has 4 aromatic rings. The van der Waals surface area contributed by atoms with Crippen LogP contribution < -0.4 is 11.1 Å². The fourth-order valence-electron chi connectivity index (χ4n) is 4.44. The Morgan fingerprint density at radius 1 is 1.21 bits per heavy atom. The minimum atomic E-state index is -1.06. The van der Waals surface area contributed by atoms with Gasteiger partial charge in [-0.3, -0.25) is 4.68 Å². The van der Waals surface area contributed by atoms with Crippen LogP contribution in [0.15, 0.2) is 42.9 Å². The molecule has 1 aliphatic rings. The summed E-state index contributed by atoms with van der Waals surface area (Å²) in [6, 6.07) is 6.84. The lowest BCUT2D eigenvalue weighted by atomic mass is 10.1. The van der Waals surface area contributed by atoms with E-state index >= 15 is 0 Å². The van der Waals surface area contributed by atoms with Crippen LogP contribution in [0.5, 0.6) is 0 Å². The van der Waals surface area contributed by atoms with Crippen molar-refractivity contribution in [2.75, 3.05) is 5.73 Å². The van der Waals surface area contributed by atoms with Crippen LogP contribution in [0.3, 0.4) is 0 Å². The topological polar surface area (TPSA) is 112 Å². The highest BCUT2D eigenvalue weighted by Crippen LogP contribution is 2.30. The Morgan fingerprint density at radius 2 is 2.06 bits per heavy atom. The summed E-state index contributed by atoms with van der Waals surface area (Å²) in [7, 11) is 0. The summed E-state index contributed by atoms with van der Waals surface area (Å²) in [5.74, 6) is -1.74. The third kappa shape index (κ3) is 4.14. The standard InChI is InChI=1S/C23H25F2N9/c1-13-6-7-17(29-13)8-14(2)33-12-16(11-28-33)15-9-18(22(26)27-10-15)23-30-31-32-34(23)20-5-3-4-19(24)21(20)25/h3-5,9-14,17,29H,6-8H2,1-2H3,(H2,26,27). The Morgan fingerprint density at radius 3 is 2.85 bits per heavy atom. The zero-order valence-electron chi connectivity index (χ0n) is 18.9. The molecule has 4 heterocycles. The largest absolute Gasteiger partial charge is 0.383 e. The number of nitrogens with zero attached hydrogens (tertiary/aromatic N) is 7. The second-order valence-corrected chi connectivity index (χ2v) is 8.78. The molecule has 0 bridgehead atoms. The first kappa shape index (κ1) is 22.1. The number of hydrogen-bond acceptors (Lipinski definition) is 7. The van der Waals surface area contributed by atoms with Gasteiger partial charge in [-0.2, -0.15) is 9.78 Å². The molecule has 3 atom stereocenters. The van der Waals surface area contributed by atoms with E-state index in [1.165, 1.54) is 25.0 Å². The van der Waals surface area contributed by atoms with Crippen LogP contribution in [0, 0.1) is 11.6 Å². The van der Waals surface area contributed by atoms with Crippen molar-refractivity contribution in [1.29, 1.82) is 0 Å². The summed E-state index contributed by atoms with van der Waals surface area (Å²) in [5, 5.41) is 19.6. The lowest BCUT2D eigenvalue weighted by Gasteiger charge is -2.18. The molecule has 0 aliphatic carbocycles. The van der Waals surface area contributed by atoms with E-state index < -0.39 is 11.6 Å². The van der Waals surface area contributed by atoms with Gasteiger partial charge in [0.15, 0.2) is 17.5 Å². The first-order chi connectivity index (χ1) is 16.4. The number of halogens is 2. The summed E-state index contributed by atoms with van der Waals surface area (Å²) < 4.78 is 31.2. The molecular weight excluding hydrogens is 440 g/mol. The highest BCUT2D eigenvalue weighted by Gasteiger charge is 2.23. The van der Waals surface area contributed by atoms with Gasteiger partial charge in [0.05, 0.1) is 17.8 Å².